The minimum absolute atomic E-state index is 0.0490. The summed E-state index contributed by atoms with van der Waals surface area (Å²) in [5.41, 5.74) is -0.681. The van der Waals surface area contributed by atoms with Gasteiger partial charge in [-0.05, 0) is 26.2 Å². The van der Waals surface area contributed by atoms with E-state index in [2.05, 4.69) is 0 Å². The number of nitrogens with zero attached hydrogens (tertiary/aromatic N) is 2. The Morgan fingerprint density at radius 2 is 1.89 bits per heavy atom. The molecule has 0 N–H and O–H groups in total. The van der Waals surface area contributed by atoms with Crippen molar-refractivity contribution in [2.75, 3.05) is 20.1 Å². The van der Waals surface area contributed by atoms with Gasteiger partial charge in [-0.25, -0.2) is 0 Å². The van der Waals surface area contributed by atoms with Crippen LogP contribution < -0.4 is 0 Å². The molecule has 0 aromatic heterocycles. The van der Waals surface area contributed by atoms with Crippen molar-refractivity contribution in [1.82, 2.24) is 9.80 Å². The zero-order chi connectivity index (χ0) is 14.0. The summed E-state index contributed by atoms with van der Waals surface area (Å²) in [4.78, 5) is 28.0. The molecule has 1 saturated heterocycles. The second-order valence-corrected chi connectivity index (χ2v) is 6.52. The van der Waals surface area contributed by atoms with Gasteiger partial charge in [-0.2, -0.15) is 0 Å². The summed E-state index contributed by atoms with van der Waals surface area (Å²) < 4.78 is 0. The van der Waals surface area contributed by atoms with Crippen molar-refractivity contribution in [1.29, 1.82) is 0 Å². The molecule has 0 aromatic carbocycles. The Bertz CT molecular complexity index is 359. The average Bonchev–Trinajstić information content (AvgIpc) is 2.86. The van der Waals surface area contributed by atoms with E-state index in [4.69, 9.17) is 0 Å². The molecule has 1 aliphatic carbocycles. The fraction of sp³-hybridized carbons (Fsp3) is 0.867. The van der Waals surface area contributed by atoms with Gasteiger partial charge in [-0.15, -0.1) is 0 Å². The van der Waals surface area contributed by atoms with E-state index in [1.54, 1.807) is 9.80 Å². The number of hydrogen-bond donors (Lipinski definition) is 0. The molecule has 2 rings (SSSR count). The summed E-state index contributed by atoms with van der Waals surface area (Å²) in [6.07, 6.45) is 6.78. The number of carbonyl (C=O) groups excluding carboxylic acids is 2. The number of hydrogen-bond acceptors (Lipinski definition) is 2. The Kier molecular flexibility index (Phi) is 4.16. The van der Waals surface area contributed by atoms with Crippen molar-refractivity contribution in [2.45, 2.75) is 57.9 Å². The van der Waals surface area contributed by atoms with Gasteiger partial charge in [0, 0.05) is 26.6 Å². The molecule has 0 bridgehead atoms. The number of piperazine rings is 1. The van der Waals surface area contributed by atoms with E-state index in [9.17, 15) is 9.59 Å². The van der Waals surface area contributed by atoms with E-state index in [-0.39, 0.29) is 11.8 Å². The van der Waals surface area contributed by atoms with Gasteiger partial charge < -0.3 is 9.80 Å². The maximum absolute atomic E-state index is 12.4. The predicted octanol–water partition coefficient (Wildman–Crippen LogP) is 2.04. The van der Waals surface area contributed by atoms with Crippen LogP contribution in [-0.2, 0) is 9.59 Å². The van der Waals surface area contributed by atoms with Crippen LogP contribution in [0, 0.1) is 5.92 Å². The second-order valence-electron chi connectivity index (χ2n) is 6.52. The van der Waals surface area contributed by atoms with Crippen molar-refractivity contribution >= 4 is 11.8 Å². The van der Waals surface area contributed by atoms with Crippen LogP contribution in [0.5, 0.6) is 0 Å². The lowest BCUT2D eigenvalue weighted by Gasteiger charge is -2.44. The van der Waals surface area contributed by atoms with Gasteiger partial charge in [0.2, 0.25) is 11.8 Å². The first kappa shape index (κ1) is 14.4. The lowest BCUT2D eigenvalue weighted by Crippen LogP contribution is -2.63. The van der Waals surface area contributed by atoms with E-state index in [1.807, 2.05) is 20.9 Å². The molecule has 0 aromatic rings. The summed E-state index contributed by atoms with van der Waals surface area (Å²) in [5.74, 6) is 0.932. The zero-order valence-corrected chi connectivity index (χ0v) is 12.4. The molecule has 2 aliphatic rings. The maximum atomic E-state index is 12.4. The lowest BCUT2D eigenvalue weighted by molar-refractivity contribution is -0.157. The molecule has 2 fully saturated rings. The summed E-state index contributed by atoms with van der Waals surface area (Å²) in [7, 11) is 1.81. The predicted molar refractivity (Wildman–Crippen MR) is 74.6 cm³/mol. The van der Waals surface area contributed by atoms with E-state index < -0.39 is 5.54 Å². The Morgan fingerprint density at radius 1 is 1.26 bits per heavy atom. The van der Waals surface area contributed by atoms with Crippen LogP contribution in [0.25, 0.3) is 0 Å². The lowest BCUT2D eigenvalue weighted by atomic mass is 9.95. The first-order chi connectivity index (χ1) is 8.93. The maximum Gasteiger partial charge on any atom is 0.247 e. The molecular formula is C15H26N2O2. The van der Waals surface area contributed by atoms with Crippen LogP contribution in [0.4, 0.5) is 0 Å². The van der Waals surface area contributed by atoms with Crippen LogP contribution in [0.2, 0.25) is 0 Å². The molecule has 2 amide bonds. The van der Waals surface area contributed by atoms with E-state index >= 15 is 0 Å². The summed E-state index contributed by atoms with van der Waals surface area (Å²) >= 11 is 0. The molecular weight excluding hydrogens is 240 g/mol. The van der Waals surface area contributed by atoms with Gasteiger partial charge in [0.15, 0.2) is 0 Å². The van der Waals surface area contributed by atoms with Crippen molar-refractivity contribution in [2.24, 2.45) is 5.92 Å². The average molecular weight is 266 g/mol. The van der Waals surface area contributed by atoms with E-state index in [0.29, 0.717) is 19.5 Å². The van der Waals surface area contributed by atoms with Crippen molar-refractivity contribution in [3.63, 3.8) is 0 Å². The Labute approximate surface area is 116 Å². The smallest absolute Gasteiger partial charge is 0.247 e. The summed E-state index contributed by atoms with van der Waals surface area (Å²) in [5, 5.41) is 0. The first-order valence-electron chi connectivity index (χ1n) is 7.49. The molecule has 0 unspecified atom stereocenters. The number of rotatable bonds is 3. The largest absolute Gasteiger partial charge is 0.342 e. The van der Waals surface area contributed by atoms with Crippen LogP contribution in [0.3, 0.4) is 0 Å². The molecule has 1 saturated carbocycles. The highest BCUT2D eigenvalue weighted by molar-refractivity contribution is 5.91. The van der Waals surface area contributed by atoms with Crippen LogP contribution in [-0.4, -0.2) is 47.3 Å². The Morgan fingerprint density at radius 3 is 2.53 bits per heavy atom. The number of carbonyl (C=O) groups is 2. The van der Waals surface area contributed by atoms with Gasteiger partial charge in [-0.1, -0.05) is 25.7 Å². The topological polar surface area (TPSA) is 40.6 Å². The van der Waals surface area contributed by atoms with Crippen LogP contribution in [0.15, 0.2) is 0 Å². The molecule has 4 nitrogen and oxygen atoms in total. The third-order valence-electron chi connectivity index (χ3n) is 4.75. The van der Waals surface area contributed by atoms with Gasteiger partial charge in [0.25, 0.3) is 0 Å². The fourth-order valence-corrected chi connectivity index (χ4v) is 3.41. The first-order valence-corrected chi connectivity index (χ1v) is 7.49. The second kappa shape index (κ2) is 5.51. The van der Waals surface area contributed by atoms with Gasteiger partial charge in [0.1, 0.15) is 5.54 Å². The van der Waals surface area contributed by atoms with Gasteiger partial charge >= 0.3 is 0 Å². The molecule has 108 valence electrons. The van der Waals surface area contributed by atoms with Crippen molar-refractivity contribution in [3.8, 4) is 0 Å². The SMILES string of the molecule is CN1CCN(C(=O)CCC2CCCC2)C(C)(C)C1=O. The molecule has 1 aliphatic heterocycles. The third kappa shape index (κ3) is 2.93. The normalized spacial score (nSPS) is 24.1. The molecule has 0 radical (unpaired) electrons. The highest BCUT2D eigenvalue weighted by Crippen LogP contribution is 2.30. The standard InChI is InChI=1S/C15H26N2O2/c1-15(2)14(19)16(3)10-11-17(15)13(18)9-8-12-6-4-5-7-12/h12H,4-11H2,1-3H3. The minimum Gasteiger partial charge on any atom is -0.342 e. The molecule has 1 heterocycles. The molecule has 19 heavy (non-hydrogen) atoms. The van der Waals surface area contributed by atoms with Crippen LogP contribution >= 0.6 is 0 Å². The zero-order valence-electron chi connectivity index (χ0n) is 12.4. The third-order valence-corrected chi connectivity index (χ3v) is 4.75. The molecule has 0 spiro atoms. The monoisotopic (exact) mass is 266 g/mol. The van der Waals surface area contributed by atoms with Gasteiger partial charge in [-0.3, -0.25) is 9.59 Å². The molecule has 4 heteroatoms. The Balaban J connectivity index is 1.92. The summed E-state index contributed by atoms with van der Waals surface area (Å²) in [6.45, 7) is 5.03. The van der Waals surface area contributed by atoms with E-state index in [0.717, 1.165) is 12.3 Å². The highest BCUT2D eigenvalue weighted by Gasteiger charge is 2.42. The number of amides is 2. The Hall–Kier alpha value is -1.06. The fourth-order valence-electron chi connectivity index (χ4n) is 3.41. The van der Waals surface area contributed by atoms with E-state index in [1.165, 1.54) is 25.7 Å². The summed E-state index contributed by atoms with van der Waals surface area (Å²) in [6, 6.07) is 0. The minimum atomic E-state index is -0.681. The van der Waals surface area contributed by atoms with Gasteiger partial charge in [0.05, 0.1) is 0 Å². The highest BCUT2D eigenvalue weighted by atomic mass is 16.2. The van der Waals surface area contributed by atoms with Crippen molar-refractivity contribution in [3.05, 3.63) is 0 Å². The quantitative estimate of drug-likeness (QED) is 0.784. The number of likely N-dealkylation sites (N-methyl/N-ethyl adjacent to an activating group) is 1. The molecule has 0 atom stereocenters. The van der Waals surface area contributed by atoms with Crippen LogP contribution in [0.1, 0.15) is 52.4 Å². The van der Waals surface area contributed by atoms with Crippen molar-refractivity contribution < 1.29 is 9.59 Å².